The molecule has 0 radical (unpaired) electrons. The number of hydrogen-bond donors (Lipinski definition) is 1. The lowest BCUT2D eigenvalue weighted by molar-refractivity contribution is 0.102. The third-order valence-electron chi connectivity index (χ3n) is 5.55. The molecule has 10 heteroatoms. The summed E-state index contributed by atoms with van der Waals surface area (Å²) in [6.45, 7) is 1.62. The number of anilines is 2. The van der Waals surface area contributed by atoms with E-state index in [0.717, 1.165) is 42.2 Å². The molecule has 0 aliphatic carbocycles. The summed E-state index contributed by atoms with van der Waals surface area (Å²) in [5.41, 5.74) is 2.36. The summed E-state index contributed by atoms with van der Waals surface area (Å²) in [5.74, 6) is -0.758. The number of sulfonamides is 1. The van der Waals surface area contributed by atoms with Crippen LogP contribution < -0.4 is 10.2 Å². The van der Waals surface area contributed by atoms with Crippen molar-refractivity contribution < 1.29 is 17.6 Å². The van der Waals surface area contributed by atoms with E-state index in [1.807, 2.05) is 0 Å². The summed E-state index contributed by atoms with van der Waals surface area (Å²) in [5, 5.41) is 4.96. The summed E-state index contributed by atoms with van der Waals surface area (Å²) < 4.78 is 39.7. The van der Waals surface area contributed by atoms with Gasteiger partial charge in [-0.2, -0.15) is 0 Å². The number of carbonyl (C=O) groups excluding carboxylic acids is 1. The Morgan fingerprint density at radius 2 is 1.79 bits per heavy atom. The van der Waals surface area contributed by atoms with Crippen molar-refractivity contribution in [2.24, 2.45) is 0 Å². The van der Waals surface area contributed by atoms with Crippen LogP contribution in [0.25, 0.3) is 11.3 Å². The first kappa shape index (κ1) is 23.3. The summed E-state index contributed by atoms with van der Waals surface area (Å²) in [6.07, 6.45) is 3.18. The quantitative estimate of drug-likeness (QED) is 0.555. The third kappa shape index (κ3) is 5.07. The predicted octanol–water partition coefficient (Wildman–Crippen LogP) is 4.44. The van der Waals surface area contributed by atoms with Gasteiger partial charge in [0.2, 0.25) is 10.0 Å². The minimum absolute atomic E-state index is 0.0598. The van der Waals surface area contributed by atoms with Gasteiger partial charge in [0.25, 0.3) is 5.91 Å². The van der Waals surface area contributed by atoms with Crippen molar-refractivity contribution in [3.63, 3.8) is 0 Å². The highest BCUT2D eigenvalue weighted by molar-refractivity contribution is 7.89. The fourth-order valence-corrected chi connectivity index (χ4v) is 5.37. The van der Waals surface area contributed by atoms with Crippen LogP contribution in [0.15, 0.2) is 52.7 Å². The van der Waals surface area contributed by atoms with Crippen LogP contribution in [0.2, 0.25) is 0 Å². The van der Waals surface area contributed by atoms with Crippen molar-refractivity contribution in [3.8, 4) is 11.3 Å². The minimum Gasteiger partial charge on any atom is -0.371 e. The van der Waals surface area contributed by atoms with Gasteiger partial charge < -0.3 is 4.90 Å². The molecule has 2 aromatic carbocycles. The lowest BCUT2D eigenvalue weighted by atomic mass is 10.1. The van der Waals surface area contributed by atoms with E-state index in [4.69, 9.17) is 0 Å². The lowest BCUT2D eigenvalue weighted by Crippen LogP contribution is -2.32. The van der Waals surface area contributed by atoms with Crippen LogP contribution in [0.3, 0.4) is 0 Å². The fraction of sp³-hybridized carbons (Fsp3) is 0.304. The normalized spacial score (nSPS) is 14.5. The van der Waals surface area contributed by atoms with Crippen molar-refractivity contribution in [2.75, 3.05) is 37.4 Å². The number of halogens is 1. The average molecular weight is 489 g/mol. The number of hydrogen-bond acceptors (Lipinski definition) is 6. The maximum Gasteiger partial charge on any atom is 0.259 e. The SMILES string of the molecule is CN(C)S(=O)(=O)c1ccc(N2CCCCC2)c(C(=O)Nc2nc(-c3ccc(F)cc3)cs2)c1. The van der Waals surface area contributed by atoms with Gasteiger partial charge in [0.05, 0.1) is 16.2 Å². The molecule has 1 saturated heterocycles. The van der Waals surface area contributed by atoms with Crippen molar-refractivity contribution >= 4 is 38.1 Å². The first-order chi connectivity index (χ1) is 15.8. The van der Waals surface area contributed by atoms with Gasteiger partial charge in [0.15, 0.2) is 5.13 Å². The van der Waals surface area contributed by atoms with E-state index in [1.165, 1.54) is 43.6 Å². The third-order valence-corrected chi connectivity index (χ3v) is 8.12. The topological polar surface area (TPSA) is 82.6 Å². The van der Waals surface area contributed by atoms with Crippen molar-refractivity contribution in [3.05, 3.63) is 59.2 Å². The van der Waals surface area contributed by atoms with Gasteiger partial charge in [0.1, 0.15) is 5.82 Å². The standard InChI is InChI=1S/C23H25FN4O3S2/c1-27(2)33(30,31)18-10-11-21(28-12-4-3-5-13-28)19(14-18)22(29)26-23-25-20(15-32-23)16-6-8-17(24)9-7-16/h6-11,14-15H,3-5,12-13H2,1-2H3,(H,25,26,29). The Kier molecular flexibility index (Phi) is 6.78. The molecule has 174 valence electrons. The first-order valence-electron chi connectivity index (χ1n) is 10.6. The summed E-state index contributed by atoms with van der Waals surface area (Å²) in [7, 11) is -0.781. The molecule has 0 spiro atoms. The molecule has 0 saturated carbocycles. The summed E-state index contributed by atoms with van der Waals surface area (Å²) >= 11 is 1.25. The number of rotatable bonds is 6. The Morgan fingerprint density at radius 1 is 1.09 bits per heavy atom. The van der Waals surface area contributed by atoms with E-state index in [0.29, 0.717) is 22.1 Å². The maximum absolute atomic E-state index is 13.3. The van der Waals surface area contributed by atoms with E-state index in [2.05, 4.69) is 15.2 Å². The highest BCUT2D eigenvalue weighted by Gasteiger charge is 2.24. The molecule has 1 aliphatic heterocycles. The van der Waals surface area contributed by atoms with Crippen molar-refractivity contribution in [2.45, 2.75) is 24.2 Å². The lowest BCUT2D eigenvalue weighted by Gasteiger charge is -2.30. The summed E-state index contributed by atoms with van der Waals surface area (Å²) in [6, 6.07) is 10.7. The Bertz CT molecular complexity index is 1250. The van der Waals surface area contributed by atoms with Crippen LogP contribution >= 0.6 is 11.3 Å². The monoisotopic (exact) mass is 488 g/mol. The van der Waals surface area contributed by atoms with Gasteiger partial charge in [0, 0.05) is 43.8 Å². The number of piperidine rings is 1. The largest absolute Gasteiger partial charge is 0.371 e. The zero-order chi connectivity index (χ0) is 23.6. The molecular weight excluding hydrogens is 463 g/mol. The molecule has 2 heterocycles. The van der Waals surface area contributed by atoms with Gasteiger partial charge in [-0.3, -0.25) is 10.1 Å². The first-order valence-corrected chi connectivity index (χ1v) is 12.9. The van der Waals surface area contributed by atoms with Crippen LogP contribution in [0, 0.1) is 5.82 Å². The average Bonchev–Trinajstić information content (AvgIpc) is 3.28. The van der Waals surface area contributed by atoms with Gasteiger partial charge in [-0.15, -0.1) is 11.3 Å². The van der Waals surface area contributed by atoms with Gasteiger partial charge in [-0.25, -0.2) is 22.1 Å². The number of aromatic nitrogens is 1. The molecule has 0 bridgehead atoms. The number of nitrogens with zero attached hydrogens (tertiary/aromatic N) is 3. The molecule has 1 amide bonds. The molecule has 1 fully saturated rings. The molecule has 0 atom stereocenters. The van der Waals surface area contributed by atoms with E-state index < -0.39 is 15.9 Å². The number of benzene rings is 2. The summed E-state index contributed by atoms with van der Waals surface area (Å²) in [4.78, 5) is 19.9. The fourth-order valence-electron chi connectivity index (χ4n) is 3.73. The molecule has 1 aliphatic rings. The molecule has 4 rings (SSSR count). The molecule has 1 aromatic heterocycles. The number of thiazole rings is 1. The van der Waals surface area contributed by atoms with Crippen LogP contribution in [0.5, 0.6) is 0 Å². The van der Waals surface area contributed by atoms with Crippen LogP contribution in [-0.4, -0.2) is 50.8 Å². The Labute approximate surface area is 196 Å². The smallest absolute Gasteiger partial charge is 0.259 e. The number of carbonyl (C=O) groups is 1. The maximum atomic E-state index is 13.3. The van der Waals surface area contributed by atoms with E-state index in [1.54, 1.807) is 29.6 Å². The molecule has 0 unspecified atom stereocenters. The Morgan fingerprint density at radius 3 is 2.45 bits per heavy atom. The molecule has 3 aromatic rings. The molecule has 7 nitrogen and oxygen atoms in total. The second kappa shape index (κ2) is 9.58. The van der Waals surface area contributed by atoms with Gasteiger partial charge >= 0.3 is 0 Å². The van der Waals surface area contributed by atoms with E-state index >= 15 is 0 Å². The highest BCUT2D eigenvalue weighted by Crippen LogP contribution is 2.30. The van der Waals surface area contributed by atoms with Gasteiger partial charge in [-0.1, -0.05) is 0 Å². The minimum atomic E-state index is -3.70. The number of amides is 1. The molecular formula is C23H25FN4O3S2. The second-order valence-electron chi connectivity index (χ2n) is 8.01. The predicted molar refractivity (Wildman–Crippen MR) is 129 cm³/mol. The van der Waals surface area contributed by atoms with E-state index in [9.17, 15) is 17.6 Å². The van der Waals surface area contributed by atoms with Crippen LogP contribution in [-0.2, 0) is 10.0 Å². The highest BCUT2D eigenvalue weighted by atomic mass is 32.2. The molecule has 33 heavy (non-hydrogen) atoms. The number of nitrogens with one attached hydrogen (secondary N) is 1. The van der Waals surface area contributed by atoms with Crippen molar-refractivity contribution in [1.29, 1.82) is 0 Å². The zero-order valence-electron chi connectivity index (χ0n) is 18.4. The van der Waals surface area contributed by atoms with Crippen LogP contribution in [0.4, 0.5) is 15.2 Å². The van der Waals surface area contributed by atoms with Crippen LogP contribution in [0.1, 0.15) is 29.6 Å². The second-order valence-corrected chi connectivity index (χ2v) is 11.0. The van der Waals surface area contributed by atoms with Crippen molar-refractivity contribution in [1.82, 2.24) is 9.29 Å². The zero-order valence-corrected chi connectivity index (χ0v) is 20.0. The van der Waals surface area contributed by atoms with E-state index in [-0.39, 0.29) is 10.7 Å². The molecule has 1 N–H and O–H groups in total. The Hall–Kier alpha value is -2.82. The van der Waals surface area contributed by atoms with Gasteiger partial charge in [-0.05, 0) is 61.7 Å². The Balaban J connectivity index is 1.65.